The van der Waals surface area contributed by atoms with Crippen molar-refractivity contribution in [2.75, 3.05) is 13.1 Å². The number of hydrogen-bond acceptors (Lipinski definition) is 3. The summed E-state index contributed by atoms with van der Waals surface area (Å²) in [5, 5.41) is -0.362. The Bertz CT molecular complexity index is 276. The molecule has 0 heterocycles. The first-order chi connectivity index (χ1) is 7.18. The minimum Gasteiger partial charge on any atom is -0.297 e. The van der Waals surface area contributed by atoms with Gasteiger partial charge < -0.3 is 0 Å². The maximum atomic E-state index is 11.5. The van der Waals surface area contributed by atoms with E-state index >= 15 is 0 Å². The summed E-state index contributed by atoms with van der Waals surface area (Å²) in [6, 6.07) is 0.868. The Kier molecular flexibility index (Phi) is 6.51. The quantitative estimate of drug-likeness (QED) is 0.743. The SMILES string of the molecule is CC(C)N(CCNS(=O)(=O)C(C)C)C(C)C. The van der Waals surface area contributed by atoms with Gasteiger partial charge in [0.1, 0.15) is 0 Å². The Labute approximate surface area is 100 Å². The Morgan fingerprint density at radius 2 is 1.44 bits per heavy atom. The van der Waals surface area contributed by atoms with Crippen molar-refractivity contribution in [1.82, 2.24) is 9.62 Å². The molecule has 1 N–H and O–H groups in total. The van der Waals surface area contributed by atoms with E-state index in [9.17, 15) is 8.42 Å². The van der Waals surface area contributed by atoms with E-state index in [1.165, 1.54) is 0 Å². The van der Waals surface area contributed by atoms with Gasteiger partial charge in [0.15, 0.2) is 0 Å². The molecule has 0 rings (SSSR count). The van der Waals surface area contributed by atoms with Crippen molar-refractivity contribution in [3.8, 4) is 0 Å². The molecule has 4 nitrogen and oxygen atoms in total. The molecule has 0 aliphatic carbocycles. The molecule has 0 aliphatic heterocycles. The molecule has 16 heavy (non-hydrogen) atoms. The lowest BCUT2D eigenvalue weighted by Gasteiger charge is -2.30. The predicted octanol–water partition coefficient (Wildman–Crippen LogP) is 1.43. The Balaban J connectivity index is 4.16. The van der Waals surface area contributed by atoms with Crippen LogP contribution in [0, 0.1) is 0 Å². The van der Waals surface area contributed by atoms with Crippen LogP contribution < -0.4 is 4.72 Å². The lowest BCUT2D eigenvalue weighted by atomic mass is 10.2. The highest BCUT2D eigenvalue weighted by atomic mass is 32.2. The van der Waals surface area contributed by atoms with Crippen LogP contribution in [0.5, 0.6) is 0 Å². The highest BCUT2D eigenvalue weighted by Crippen LogP contribution is 2.04. The smallest absolute Gasteiger partial charge is 0.213 e. The van der Waals surface area contributed by atoms with Crippen LogP contribution in [-0.4, -0.2) is 43.7 Å². The molecule has 0 aliphatic rings. The summed E-state index contributed by atoms with van der Waals surface area (Å²) in [6.07, 6.45) is 0. The van der Waals surface area contributed by atoms with Gasteiger partial charge in [-0.3, -0.25) is 4.90 Å². The molecular weight excluding hydrogens is 224 g/mol. The normalized spacial score (nSPS) is 13.4. The maximum Gasteiger partial charge on any atom is 0.213 e. The molecule has 5 heteroatoms. The third-order valence-electron chi connectivity index (χ3n) is 2.62. The van der Waals surface area contributed by atoms with Crippen LogP contribution in [0.25, 0.3) is 0 Å². The third kappa shape index (κ3) is 5.27. The topological polar surface area (TPSA) is 49.4 Å². The monoisotopic (exact) mass is 250 g/mol. The Hall–Kier alpha value is -0.130. The lowest BCUT2D eigenvalue weighted by Crippen LogP contribution is -2.43. The minimum absolute atomic E-state index is 0.362. The van der Waals surface area contributed by atoms with E-state index < -0.39 is 10.0 Å². The van der Waals surface area contributed by atoms with E-state index in [1.807, 2.05) is 0 Å². The second-order valence-corrected chi connectivity index (χ2v) is 7.23. The van der Waals surface area contributed by atoms with Gasteiger partial charge in [-0.05, 0) is 41.5 Å². The molecule has 0 atom stereocenters. The van der Waals surface area contributed by atoms with Gasteiger partial charge in [-0.2, -0.15) is 0 Å². The van der Waals surface area contributed by atoms with Crippen molar-refractivity contribution < 1.29 is 8.42 Å². The van der Waals surface area contributed by atoms with Gasteiger partial charge in [0.25, 0.3) is 0 Å². The van der Waals surface area contributed by atoms with E-state index in [-0.39, 0.29) is 5.25 Å². The van der Waals surface area contributed by atoms with E-state index in [2.05, 4.69) is 37.3 Å². The summed E-state index contributed by atoms with van der Waals surface area (Å²) < 4.78 is 25.7. The highest BCUT2D eigenvalue weighted by Gasteiger charge is 2.17. The lowest BCUT2D eigenvalue weighted by molar-refractivity contribution is 0.179. The van der Waals surface area contributed by atoms with Crippen LogP contribution in [-0.2, 0) is 10.0 Å². The predicted molar refractivity (Wildman–Crippen MR) is 69.0 cm³/mol. The molecule has 0 unspecified atom stereocenters. The van der Waals surface area contributed by atoms with Crippen molar-refractivity contribution in [3.05, 3.63) is 0 Å². The summed E-state index contributed by atoms with van der Waals surface area (Å²) in [5.74, 6) is 0. The van der Waals surface area contributed by atoms with Crippen molar-refractivity contribution in [2.45, 2.75) is 58.9 Å². The van der Waals surface area contributed by atoms with E-state index in [0.717, 1.165) is 6.54 Å². The third-order valence-corrected chi connectivity index (χ3v) is 4.47. The van der Waals surface area contributed by atoms with Crippen LogP contribution >= 0.6 is 0 Å². The molecule has 0 bridgehead atoms. The van der Waals surface area contributed by atoms with Gasteiger partial charge >= 0.3 is 0 Å². The minimum atomic E-state index is -3.12. The van der Waals surface area contributed by atoms with Gasteiger partial charge in [0.05, 0.1) is 5.25 Å². The molecule has 0 amide bonds. The first-order valence-corrected chi connectivity index (χ1v) is 7.47. The van der Waals surface area contributed by atoms with Crippen LogP contribution in [0.2, 0.25) is 0 Å². The number of nitrogens with one attached hydrogen (secondary N) is 1. The van der Waals surface area contributed by atoms with Gasteiger partial charge in [0.2, 0.25) is 10.0 Å². The second kappa shape index (κ2) is 6.57. The number of nitrogens with zero attached hydrogens (tertiary/aromatic N) is 1. The van der Waals surface area contributed by atoms with Crippen LogP contribution in [0.3, 0.4) is 0 Å². The Morgan fingerprint density at radius 3 is 1.75 bits per heavy atom. The molecule has 0 aromatic rings. The summed E-state index contributed by atoms with van der Waals surface area (Å²) >= 11 is 0. The first-order valence-electron chi connectivity index (χ1n) is 5.92. The summed E-state index contributed by atoms with van der Waals surface area (Å²) in [4.78, 5) is 2.27. The van der Waals surface area contributed by atoms with Crippen molar-refractivity contribution in [3.63, 3.8) is 0 Å². The van der Waals surface area contributed by atoms with Gasteiger partial charge in [0, 0.05) is 25.2 Å². The van der Waals surface area contributed by atoms with Gasteiger partial charge in [-0.25, -0.2) is 13.1 Å². The van der Waals surface area contributed by atoms with Crippen molar-refractivity contribution >= 4 is 10.0 Å². The average molecular weight is 250 g/mol. The number of hydrogen-bond donors (Lipinski definition) is 1. The number of sulfonamides is 1. The Morgan fingerprint density at radius 1 is 1.00 bits per heavy atom. The molecule has 0 fully saturated rings. The van der Waals surface area contributed by atoms with Gasteiger partial charge in [-0.1, -0.05) is 0 Å². The van der Waals surface area contributed by atoms with E-state index in [1.54, 1.807) is 13.8 Å². The molecule has 0 spiro atoms. The molecular formula is C11H26N2O2S. The summed E-state index contributed by atoms with van der Waals surface area (Å²) in [5.41, 5.74) is 0. The maximum absolute atomic E-state index is 11.5. The summed E-state index contributed by atoms with van der Waals surface area (Å²) in [6.45, 7) is 13.1. The van der Waals surface area contributed by atoms with Crippen molar-refractivity contribution in [2.24, 2.45) is 0 Å². The molecule has 0 aromatic carbocycles. The molecule has 0 aromatic heterocycles. The van der Waals surface area contributed by atoms with E-state index in [4.69, 9.17) is 0 Å². The van der Waals surface area contributed by atoms with Crippen LogP contribution in [0.4, 0.5) is 0 Å². The fraction of sp³-hybridized carbons (Fsp3) is 1.00. The van der Waals surface area contributed by atoms with Crippen LogP contribution in [0.1, 0.15) is 41.5 Å². The molecule has 0 saturated carbocycles. The molecule has 98 valence electrons. The zero-order valence-electron chi connectivity index (χ0n) is 11.3. The summed E-state index contributed by atoms with van der Waals surface area (Å²) in [7, 11) is -3.12. The van der Waals surface area contributed by atoms with Crippen LogP contribution in [0.15, 0.2) is 0 Å². The standard InChI is InChI=1S/C11H26N2O2S/c1-9(2)13(10(3)4)8-7-12-16(14,15)11(5)6/h9-12H,7-8H2,1-6H3. The average Bonchev–Trinajstić information content (AvgIpc) is 2.10. The number of rotatable bonds is 7. The molecule has 0 radical (unpaired) electrons. The zero-order valence-corrected chi connectivity index (χ0v) is 12.1. The largest absolute Gasteiger partial charge is 0.297 e. The van der Waals surface area contributed by atoms with Gasteiger partial charge in [-0.15, -0.1) is 0 Å². The fourth-order valence-electron chi connectivity index (χ4n) is 1.60. The fourth-order valence-corrected chi connectivity index (χ4v) is 2.31. The zero-order chi connectivity index (χ0) is 12.9. The second-order valence-electron chi connectivity index (χ2n) is 4.91. The molecule has 0 saturated heterocycles. The first kappa shape index (κ1) is 15.9. The van der Waals surface area contributed by atoms with E-state index in [0.29, 0.717) is 18.6 Å². The van der Waals surface area contributed by atoms with Crippen molar-refractivity contribution in [1.29, 1.82) is 0 Å². The highest BCUT2D eigenvalue weighted by molar-refractivity contribution is 7.90.